The van der Waals surface area contributed by atoms with Crippen LogP contribution in [-0.2, 0) is 19.7 Å². The summed E-state index contributed by atoms with van der Waals surface area (Å²) in [6.07, 6.45) is 1.23. The Morgan fingerprint density at radius 1 is 1.07 bits per heavy atom. The Kier molecular flexibility index (Phi) is 4.75. The molecule has 92 valence electrons. The Morgan fingerprint density at radius 3 is 1.87 bits per heavy atom. The lowest BCUT2D eigenvalue weighted by molar-refractivity contribution is 0.543. The van der Waals surface area contributed by atoms with Gasteiger partial charge in [0.1, 0.15) is 9.84 Å². The van der Waals surface area contributed by atoms with Crippen LogP contribution in [0.4, 0.5) is 0 Å². The van der Waals surface area contributed by atoms with Gasteiger partial charge in [-0.05, 0) is 20.3 Å². The highest BCUT2D eigenvalue weighted by molar-refractivity contribution is 7.92. The van der Waals surface area contributed by atoms with Gasteiger partial charge in [-0.2, -0.15) is 0 Å². The molecule has 7 heteroatoms. The summed E-state index contributed by atoms with van der Waals surface area (Å²) < 4.78 is 44.5. The largest absolute Gasteiger partial charge is 0.325 e. The van der Waals surface area contributed by atoms with E-state index in [4.69, 9.17) is 5.73 Å². The summed E-state index contributed by atoms with van der Waals surface area (Å²) in [5.74, 6) is -0.346. The lowest BCUT2D eigenvalue weighted by atomic mass is 10.1. The first kappa shape index (κ1) is 14.9. The van der Waals surface area contributed by atoms with Crippen molar-refractivity contribution in [1.29, 1.82) is 0 Å². The maximum Gasteiger partial charge on any atom is 0.152 e. The summed E-state index contributed by atoms with van der Waals surface area (Å²) in [5, 5.41) is 0. The van der Waals surface area contributed by atoms with Crippen molar-refractivity contribution in [2.24, 2.45) is 5.73 Å². The fourth-order valence-electron chi connectivity index (χ4n) is 1.18. The van der Waals surface area contributed by atoms with E-state index in [0.717, 1.165) is 6.26 Å². The topological polar surface area (TPSA) is 94.3 Å². The molecule has 5 nitrogen and oxygen atoms in total. The molecule has 2 N–H and O–H groups in total. The van der Waals surface area contributed by atoms with Crippen molar-refractivity contribution in [2.45, 2.75) is 25.8 Å². The van der Waals surface area contributed by atoms with Crippen LogP contribution in [0.1, 0.15) is 20.3 Å². The molecular weight excluding hydrogens is 238 g/mol. The quantitative estimate of drug-likeness (QED) is 0.697. The lowest BCUT2D eigenvalue weighted by Crippen LogP contribution is -2.40. The van der Waals surface area contributed by atoms with Crippen LogP contribution in [0.15, 0.2) is 0 Å². The Labute approximate surface area is 91.9 Å². The lowest BCUT2D eigenvalue weighted by Gasteiger charge is -2.17. The molecule has 0 atom stereocenters. The Morgan fingerprint density at radius 2 is 1.53 bits per heavy atom. The number of rotatable bonds is 6. The van der Waals surface area contributed by atoms with Crippen molar-refractivity contribution in [3.05, 3.63) is 0 Å². The molecule has 0 heterocycles. The molecule has 0 saturated heterocycles. The number of hydrogen-bond acceptors (Lipinski definition) is 5. The standard InChI is InChI=1S/C8H19NO4S2/c1-8(2,9)7-15(12,13)6-4-5-14(3,10)11/h4-7,9H2,1-3H3. The zero-order valence-electron chi connectivity index (χ0n) is 9.36. The van der Waals surface area contributed by atoms with Gasteiger partial charge in [-0.1, -0.05) is 0 Å². The first-order chi connectivity index (χ1) is 6.41. The fraction of sp³-hybridized carbons (Fsp3) is 1.00. The van der Waals surface area contributed by atoms with E-state index in [2.05, 4.69) is 0 Å². The summed E-state index contributed by atoms with van der Waals surface area (Å²) in [7, 11) is -6.34. The van der Waals surface area contributed by atoms with Crippen LogP contribution in [0.5, 0.6) is 0 Å². The van der Waals surface area contributed by atoms with Crippen LogP contribution in [0.25, 0.3) is 0 Å². The molecule has 0 aliphatic rings. The molecule has 0 aliphatic carbocycles. The summed E-state index contributed by atoms with van der Waals surface area (Å²) in [4.78, 5) is 0. The van der Waals surface area contributed by atoms with Gasteiger partial charge in [0.05, 0.1) is 17.3 Å². The number of hydrogen-bond donors (Lipinski definition) is 1. The van der Waals surface area contributed by atoms with Crippen LogP contribution in [0, 0.1) is 0 Å². The van der Waals surface area contributed by atoms with Crippen molar-refractivity contribution < 1.29 is 16.8 Å². The second kappa shape index (κ2) is 4.80. The molecule has 0 rings (SSSR count). The average Bonchev–Trinajstić information content (AvgIpc) is 1.75. The van der Waals surface area contributed by atoms with Crippen molar-refractivity contribution in [2.75, 3.05) is 23.5 Å². The van der Waals surface area contributed by atoms with Crippen molar-refractivity contribution in [3.8, 4) is 0 Å². The first-order valence-corrected chi connectivity index (χ1v) is 8.47. The maximum atomic E-state index is 11.5. The first-order valence-electron chi connectivity index (χ1n) is 4.58. The predicted molar refractivity (Wildman–Crippen MR) is 61.2 cm³/mol. The maximum absolute atomic E-state index is 11.5. The second-order valence-electron chi connectivity index (χ2n) is 4.56. The van der Waals surface area contributed by atoms with Gasteiger partial charge < -0.3 is 5.73 Å². The highest BCUT2D eigenvalue weighted by Crippen LogP contribution is 2.05. The van der Waals surface area contributed by atoms with E-state index in [-0.39, 0.29) is 23.7 Å². The third-order valence-electron chi connectivity index (χ3n) is 1.56. The molecule has 0 aliphatic heterocycles. The number of sulfone groups is 2. The Bertz CT molecular complexity index is 389. The molecule has 0 amide bonds. The molecule has 0 saturated carbocycles. The van der Waals surface area contributed by atoms with Crippen LogP contribution < -0.4 is 5.73 Å². The molecule has 15 heavy (non-hydrogen) atoms. The summed E-state index contributed by atoms with van der Waals surface area (Å²) >= 11 is 0. The zero-order valence-corrected chi connectivity index (χ0v) is 11.0. The fourth-order valence-corrected chi connectivity index (χ4v) is 3.89. The molecule has 0 radical (unpaired) electrons. The SMILES string of the molecule is CC(C)(N)CS(=O)(=O)CCCS(C)(=O)=O. The van der Waals surface area contributed by atoms with Gasteiger partial charge in [0.25, 0.3) is 0 Å². The normalized spacial score (nSPS) is 14.1. The smallest absolute Gasteiger partial charge is 0.152 e. The Balaban J connectivity index is 4.19. The van der Waals surface area contributed by atoms with Crippen molar-refractivity contribution in [1.82, 2.24) is 0 Å². The minimum absolute atomic E-state index is 0.1000. The van der Waals surface area contributed by atoms with Crippen LogP contribution in [0.3, 0.4) is 0 Å². The zero-order chi connectivity index (χ0) is 12.3. The van der Waals surface area contributed by atoms with E-state index < -0.39 is 25.2 Å². The van der Waals surface area contributed by atoms with Crippen molar-refractivity contribution >= 4 is 19.7 Å². The molecule has 0 fully saturated rings. The van der Waals surface area contributed by atoms with Crippen molar-refractivity contribution in [3.63, 3.8) is 0 Å². The third-order valence-corrected chi connectivity index (χ3v) is 4.69. The van der Waals surface area contributed by atoms with E-state index in [1.165, 1.54) is 0 Å². The number of nitrogens with two attached hydrogens (primary N) is 1. The van der Waals surface area contributed by atoms with Crippen LogP contribution in [0.2, 0.25) is 0 Å². The van der Waals surface area contributed by atoms with Gasteiger partial charge in [-0.25, -0.2) is 16.8 Å². The molecule has 0 aromatic carbocycles. The van der Waals surface area contributed by atoms with E-state index >= 15 is 0 Å². The molecule has 0 spiro atoms. The molecule has 0 aromatic rings. The summed E-state index contributed by atoms with van der Waals surface area (Å²) in [6.45, 7) is 3.25. The molecule has 0 unspecified atom stereocenters. The molecule has 0 aromatic heterocycles. The van der Waals surface area contributed by atoms with E-state index in [0.29, 0.717) is 0 Å². The van der Waals surface area contributed by atoms with Gasteiger partial charge in [-0.3, -0.25) is 0 Å². The summed E-state index contributed by atoms with van der Waals surface area (Å²) in [5.41, 5.74) is 4.81. The van der Waals surface area contributed by atoms with Gasteiger partial charge in [-0.15, -0.1) is 0 Å². The molecule has 0 bridgehead atoms. The van der Waals surface area contributed by atoms with Crippen LogP contribution >= 0.6 is 0 Å². The van der Waals surface area contributed by atoms with Gasteiger partial charge in [0.2, 0.25) is 0 Å². The van der Waals surface area contributed by atoms with E-state index in [1.807, 2.05) is 0 Å². The monoisotopic (exact) mass is 257 g/mol. The van der Waals surface area contributed by atoms with Gasteiger partial charge in [0.15, 0.2) is 9.84 Å². The second-order valence-corrected chi connectivity index (χ2v) is 9.01. The third kappa shape index (κ3) is 10.1. The molecular formula is C8H19NO4S2. The van der Waals surface area contributed by atoms with E-state index in [9.17, 15) is 16.8 Å². The highest BCUT2D eigenvalue weighted by atomic mass is 32.2. The Hall–Kier alpha value is -0.140. The average molecular weight is 257 g/mol. The predicted octanol–water partition coefficient (Wildman–Crippen LogP) is -0.427. The van der Waals surface area contributed by atoms with E-state index in [1.54, 1.807) is 13.8 Å². The minimum Gasteiger partial charge on any atom is -0.325 e. The van der Waals surface area contributed by atoms with Gasteiger partial charge in [0, 0.05) is 11.8 Å². The highest BCUT2D eigenvalue weighted by Gasteiger charge is 2.22. The van der Waals surface area contributed by atoms with Gasteiger partial charge >= 0.3 is 0 Å². The van der Waals surface area contributed by atoms with Crippen LogP contribution in [-0.4, -0.2) is 45.9 Å². The minimum atomic E-state index is -3.25. The summed E-state index contributed by atoms with van der Waals surface area (Å²) in [6, 6.07) is 0.